The highest BCUT2D eigenvalue weighted by Crippen LogP contribution is 2.41. The Morgan fingerprint density at radius 1 is 1.15 bits per heavy atom. The highest BCUT2D eigenvalue weighted by Gasteiger charge is 2.37. The summed E-state index contributed by atoms with van der Waals surface area (Å²) < 4.78 is 31.0. The zero-order valence-corrected chi connectivity index (χ0v) is 20.9. The largest absolute Gasteiger partial charge is 0.377 e. The molecule has 0 aromatic carbocycles. The quantitative estimate of drug-likeness (QED) is 0.490. The van der Waals surface area contributed by atoms with Crippen LogP contribution in [0.15, 0.2) is 24.8 Å². The SMILES string of the molecule is CC(C)COC1CCCN(C(C2CCC(c3ncnc4cnc5[nH]ccc5c34)CC2)[SH](=O)=O)C1. The standard InChI is InChI=1S/C25H35N5O3S/c1-16(2)14-33-19-4-3-11-30(13-19)25(34(31)32)18-7-5-17(6-8-18)23-22-20-9-10-26-24(20)27-12-21(22)28-15-29-23/h9-10,12,15-19,25,34H,3-8,11,13-14H2,1-2H3,(H,26,27). The lowest BCUT2D eigenvalue weighted by Crippen LogP contribution is -2.49. The molecule has 5 rings (SSSR count). The number of H-pyrrole nitrogens is 1. The summed E-state index contributed by atoms with van der Waals surface area (Å²) >= 11 is 0. The molecular weight excluding hydrogens is 450 g/mol. The van der Waals surface area contributed by atoms with Crippen molar-refractivity contribution in [3.05, 3.63) is 30.5 Å². The lowest BCUT2D eigenvalue weighted by Gasteiger charge is -2.41. The van der Waals surface area contributed by atoms with E-state index in [1.165, 1.54) is 0 Å². The number of hydrogen-bond acceptors (Lipinski definition) is 7. The van der Waals surface area contributed by atoms with E-state index in [4.69, 9.17) is 9.72 Å². The van der Waals surface area contributed by atoms with Gasteiger partial charge in [-0.05, 0) is 63.0 Å². The predicted octanol–water partition coefficient (Wildman–Crippen LogP) is 3.85. The minimum absolute atomic E-state index is 0.134. The van der Waals surface area contributed by atoms with E-state index in [-0.39, 0.29) is 12.0 Å². The Hall–Kier alpha value is -2.10. The van der Waals surface area contributed by atoms with E-state index in [2.05, 4.69) is 33.7 Å². The van der Waals surface area contributed by atoms with Gasteiger partial charge in [0.25, 0.3) is 0 Å². The first-order valence-corrected chi connectivity index (χ1v) is 13.8. The third-order valence-electron chi connectivity index (χ3n) is 7.46. The summed E-state index contributed by atoms with van der Waals surface area (Å²) in [6.07, 6.45) is 11.1. The second kappa shape index (κ2) is 10.3. The third kappa shape index (κ3) is 4.83. The van der Waals surface area contributed by atoms with Crippen LogP contribution >= 0.6 is 0 Å². The Balaban J connectivity index is 1.31. The monoisotopic (exact) mass is 485 g/mol. The van der Waals surface area contributed by atoms with Gasteiger partial charge in [0.15, 0.2) is 10.7 Å². The van der Waals surface area contributed by atoms with Crippen LogP contribution in [0.1, 0.15) is 64.0 Å². The molecule has 0 amide bonds. The highest BCUT2D eigenvalue weighted by atomic mass is 32.2. The number of likely N-dealkylation sites (tertiary alicyclic amines) is 1. The van der Waals surface area contributed by atoms with Gasteiger partial charge >= 0.3 is 0 Å². The van der Waals surface area contributed by atoms with Gasteiger partial charge < -0.3 is 9.72 Å². The number of hydrogen-bond donors (Lipinski definition) is 2. The van der Waals surface area contributed by atoms with E-state index in [0.29, 0.717) is 11.8 Å². The molecule has 34 heavy (non-hydrogen) atoms. The highest BCUT2D eigenvalue weighted by molar-refractivity contribution is 7.73. The third-order valence-corrected chi connectivity index (χ3v) is 8.64. The molecule has 0 bridgehead atoms. The molecule has 2 atom stereocenters. The minimum atomic E-state index is -2.53. The van der Waals surface area contributed by atoms with E-state index >= 15 is 0 Å². The average Bonchev–Trinajstić information content (AvgIpc) is 3.32. The molecule has 2 aliphatic rings. The van der Waals surface area contributed by atoms with Crippen molar-refractivity contribution in [3.63, 3.8) is 0 Å². The van der Waals surface area contributed by atoms with Gasteiger partial charge in [0, 0.05) is 36.0 Å². The van der Waals surface area contributed by atoms with Gasteiger partial charge in [-0.25, -0.2) is 23.4 Å². The number of thiol groups is 1. The second-order valence-electron chi connectivity index (χ2n) is 10.3. The maximum absolute atomic E-state index is 12.4. The zero-order valence-electron chi connectivity index (χ0n) is 20.0. The second-order valence-corrected chi connectivity index (χ2v) is 11.4. The molecule has 4 heterocycles. The molecule has 0 radical (unpaired) electrons. The van der Waals surface area contributed by atoms with Gasteiger partial charge in [0.05, 0.1) is 23.5 Å². The number of nitrogens with zero attached hydrogens (tertiary/aromatic N) is 4. The molecular formula is C25H35N5O3S. The Bertz CT molecular complexity index is 1190. The van der Waals surface area contributed by atoms with Gasteiger partial charge in [0.2, 0.25) is 0 Å². The number of pyridine rings is 1. The molecule has 3 aromatic rings. The summed E-state index contributed by atoms with van der Waals surface area (Å²) in [5.74, 6) is 0.943. The number of rotatable bonds is 7. The first-order chi connectivity index (χ1) is 16.5. The first-order valence-electron chi connectivity index (χ1n) is 12.6. The van der Waals surface area contributed by atoms with E-state index < -0.39 is 16.1 Å². The van der Waals surface area contributed by atoms with Gasteiger partial charge in [0.1, 0.15) is 17.3 Å². The lowest BCUT2D eigenvalue weighted by molar-refractivity contribution is -0.0211. The van der Waals surface area contributed by atoms with Crippen molar-refractivity contribution >= 4 is 32.6 Å². The minimum Gasteiger partial charge on any atom is -0.377 e. The van der Waals surface area contributed by atoms with Crippen molar-refractivity contribution in [2.24, 2.45) is 11.8 Å². The maximum Gasteiger partial charge on any atom is 0.156 e. The van der Waals surface area contributed by atoms with Crippen LogP contribution in [0, 0.1) is 11.8 Å². The van der Waals surface area contributed by atoms with Crippen LogP contribution in [0.2, 0.25) is 0 Å². The Kier molecular flexibility index (Phi) is 7.13. The normalized spacial score (nSPS) is 25.5. The van der Waals surface area contributed by atoms with Crippen LogP contribution in [-0.2, 0) is 15.4 Å². The molecule has 1 N–H and O–H groups in total. The number of fused-ring (bicyclic) bond motifs is 3. The molecule has 1 aliphatic carbocycles. The molecule has 9 heteroatoms. The van der Waals surface area contributed by atoms with Crippen molar-refractivity contribution in [1.29, 1.82) is 0 Å². The summed E-state index contributed by atoms with van der Waals surface area (Å²) in [7, 11) is -2.53. The van der Waals surface area contributed by atoms with Crippen LogP contribution in [0.4, 0.5) is 0 Å². The van der Waals surface area contributed by atoms with Crippen LogP contribution in [0.5, 0.6) is 0 Å². The number of aromatic amines is 1. The Morgan fingerprint density at radius 2 is 1.97 bits per heavy atom. The molecule has 2 fully saturated rings. The fourth-order valence-electron chi connectivity index (χ4n) is 5.86. The molecule has 184 valence electrons. The predicted molar refractivity (Wildman–Crippen MR) is 133 cm³/mol. The van der Waals surface area contributed by atoms with Gasteiger partial charge in [-0.3, -0.25) is 4.90 Å². The maximum atomic E-state index is 12.4. The number of nitrogens with one attached hydrogen (secondary N) is 1. The molecule has 1 saturated carbocycles. The number of ether oxygens (including phenoxy) is 1. The van der Waals surface area contributed by atoms with Crippen molar-refractivity contribution in [1.82, 2.24) is 24.8 Å². The van der Waals surface area contributed by atoms with Crippen molar-refractivity contribution in [2.45, 2.75) is 69.8 Å². The molecule has 2 unspecified atom stereocenters. The zero-order chi connectivity index (χ0) is 23.7. The number of piperidine rings is 1. The molecule has 3 aromatic heterocycles. The van der Waals surface area contributed by atoms with Crippen molar-refractivity contribution < 1.29 is 13.2 Å². The smallest absolute Gasteiger partial charge is 0.156 e. The van der Waals surface area contributed by atoms with Crippen LogP contribution < -0.4 is 0 Å². The first kappa shape index (κ1) is 23.6. The van der Waals surface area contributed by atoms with E-state index in [1.807, 2.05) is 12.3 Å². The van der Waals surface area contributed by atoms with Gasteiger partial charge in [-0.1, -0.05) is 13.8 Å². The average molecular weight is 486 g/mol. The topological polar surface area (TPSA) is 101 Å². The Morgan fingerprint density at radius 3 is 2.74 bits per heavy atom. The van der Waals surface area contributed by atoms with Gasteiger partial charge in [-0.2, -0.15) is 0 Å². The van der Waals surface area contributed by atoms with Crippen molar-refractivity contribution in [2.75, 3.05) is 19.7 Å². The van der Waals surface area contributed by atoms with Crippen LogP contribution in [0.3, 0.4) is 0 Å². The lowest BCUT2D eigenvalue weighted by atomic mass is 9.79. The number of aromatic nitrogens is 4. The van der Waals surface area contributed by atoms with E-state index in [0.717, 1.165) is 85.9 Å². The van der Waals surface area contributed by atoms with Gasteiger partial charge in [-0.15, -0.1) is 0 Å². The summed E-state index contributed by atoms with van der Waals surface area (Å²) in [5.41, 5.74) is 2.78. The molecule has 1 saturated heterocycles. The summed E-state index contributed by atoms with van der Waals surface area (Å²) in [5, 5.41) is 1.73. The Labute approximate surface area is 202 Å². The van der Waals surface area contributed by atoms with Crippen LogP contribution in [-0.4, -0.2) is 64.4 Å². The molecule has 1 aliphatic heterocycles. The summed E-state index contributed by atoms with van der Waals surface area (Å²) in [6, 6.07) is 2.04. The van der Waals surface area contributed by atoms with Crippen LogP contribution in [0.25, 0.3) is 21.9 Å². The summed E-state index contributed by atoms with van der Waals surface area (Å²) in [4.78, 5) is 19.0. The summed E-state index contributed by atoms with van der Waals surface area (Å²) in [6.45, 7) is 6.58. The molecule has 0 spiro atoms. The fourth-order valence-corrected chi connectivity index (χ4v) is 6.98. The van der Waals surface area contributed by atoms with E-state index in [1.54, 1.807) is 12.5 Å². The fraction of sp³-hybridized carbons (Fsp3) is 0.640. The van der Waals surface area contributed by atoms with Crippen molar-refractivity contribution in [3.8, 4) is 0 Å². The molecule has 8 nitrogen and oxygen atoms in total. The van der Waals surface area contributed by atoms with E-state index in [9.17, 15) is 8.42 Å².